The van der Waals surface area contributed by atoms with E-state index in [9.17, 15) is 9.59 Å². The SMILES string of the molecule is COc1cc(OC)cc(C(=O)NCCC(=O)NC2CCCCC2)c1. The number of hydrogen-bond donors (Lipinski definition) is 2. The molecule has 2 amide bonds. The van der Waals surface area contributed by atoms with Crippen molar-refractivity contribution >= 4 is 11.8 Å². The van der Waals surface area contributed by atoms with Crippen molar-refractivity contribution in [3.8, 4) is 11.5 Å². The maximum atomic E-state index is 12.2. The van der Waals surface area contributed by atoms with Gasteiger partial charge in [0, 0.05) is 30.6 Å². The van der Waals surface area contributed by atoms with Crippen LogP contribution in [-0.2, 0) is 4.79 Å². The Morgan fingerprint density at radius 1 is 1.04 bits per heavy atom. The highest BCUT2D eigenvalue weighted by molar-refractivity contribution is 5.95. The second-order valence-electron chi connectivity index (χ2n) is 6.01. The van der Waals surface area contributed by atoms with Crippen molar-refractivity contribution in [2.75, 3.05) is 20.8 Å². The minimum Gasteiger partial charge on any atom is -0.497 e. The summed E-state index contributed by atoms with van der Waals surface area (Å²) < 4.78 is 10.3. The molecule has 1 aliphatic carbocycles. The van der Waals surface area contributed by atoms with Crippen LogP contribution < -0.4 is 20.1 Å². The van der Waals surface area contributed by atoms with Crippen molar-refractivity contribution in [2.45, 2.75) is 44.6 Å². The zero-order chi connectivity index (χ0) is 17.4. The Hall–Kier alpha value is -2.24. The molecule has 1 aliphatic rings. The fourth-order valence-corrected chi connectivity index (χ4v) is 2.88. The molecule has 24 heavy (non-hydrogen) atoms. The highest BCUT2D eigenvalue weighted by Crippen LogP contribution is 2.22. The van der Waals surface area contributed by atoms with E-state index in [1.807, 2.05) is 0 Å². The Kier molecular flexibility index (Phi) is 6.90. The van der Waals surface area contributed by atoms with Crippen LogP contribution in [-0.4, -0.2) is 38.6 Å². The van der Waals surface area contributed by atoms with Crippen molar-refractivity contribution in [3.63, 3.8) is 0 Å². The number of amides is 2. The first-order valence-corrected chi connectivity index (χ1v) is 8.43. The summed E-state index contributed by atoms with van der Waals surface area (Å²) in [5.41, 5.74) is 0.443. The first kappa shape index (κ1) is 18.1. The monoisotopic (exact) mass is 334 g/mol. The van der Waals surface area contributed by atoms with Gasteiger partial charge in [0.25, 0.3) is 5.91 Å². The van der Waals surface area contributed by atoms with Crippen LogP contribution in [0.2, 0.25) is 0 Å². The molecular formula is C18H26N2O4. The third-order valence-electron chi connectivity index (χ3n) is 4.22. The van der Waals surface area contributed by atoms with E-state index in [0.29, 0.717) is 29.6 Å². The van der Waals surface area contributed by atoms with E-state index < -0.39 is 0 Å². The lowest BCUT2D eigenvalue weighted by Crippen LogP contribution is -2.38. The number of methoxy groups -OCH3 is 2. The van der Waals surface area contributed by atoms with Crippen molar-refractivity contribution in [2.24, 2.45) is 0 Å². The van der Waals surface area contributed by atoms with E-state index in [2.05, 4.69) is 10.6 Å². The van der Waals surface area contributed by atoms with Crippen LogP contribution in [0.5, 0.6) is 11.5 Å². The smallest absolute Gasteiger partial charge is 0.251 e. The van der Waals surface area contributed by atoms with Gasteiger partial charge in [-0.2, -0.15) is 0 Å². The second-order valence-corrected chi connectivity index (χ2v) is 6.01. The molecule has 0 atom stereocenters. The maximum Gasteiger partial charge on any atom is 0.251 e. The molecule has 6 nitrogen and oxygen atoms in total. The predicted molar refractivity (Wildman–Crippen MR) is 91.5 cm³/mol. The quantitative estimate of drug-likeness (QED) is 0.802. The molecular weight excluding hydrogens is 308 g/mol. The van der Waals surface area contributed by atoms with Gasteiger partial charge in [-0.25, -0.2) is 0 Å². The van der Waals surface area contributed by atoms with Crippen LogP contribution in [0.3, 0.4) is 0 Å². The Labute approximate surface area is 142 Å². The van der Waals surface area contributed by atoms with Gasteiger partial charge in [0.1, 0.15) is 11.5 Å². The lowest BCUT2D eigenvalue weighted by molar-refractivity contribution is -0.121. The summed E-state index contributed by atoms with van der Waals surface area (Å²) in [5, 5.41) is 5.80. The molecule has 0 heterocycles. The Morgan fingerprint density at radius 3 is 2.25 bits per heavy atom. The number of carbonyl (C=O) groups excluding carboxylic acids is 2. The predicted octanol–water partition coefficient (Wildman–Crippen LogP) is 2.27. The summed E-state index contributed by atoms with van der Waals surface area (Å²) in [4.78, 5) is 24.1. The molecule has 0 spiro atoms. The topological polar surface area (TPSA) is 76.7 Å². The third-order valence-corrected chi connectivity index (χ3v) is 4.22. The Bertz CT molecular complexity index is 546. The Morgan fingerprint density at radius 2 is 1.67 bits per heavy atom. The van der Waals surface area contributed by atoms with Gasteiger partial charge in [0.15, 0.2) is 0 Å². The van der Waals surface area contributed by atoms with Crippen LogP contribution in [0, 0.1) is 0 Å². The fourth-order valence-electron chi connectivity index (χ4n) is 2.88. The zero-order valence-corrected chi connectivity index (χ0v) is 14.4. The molecule has 1 aromatic rings. The molecule has 2 N–H and O–H groups in total. The maximum absolute atomic E-state index is 12.2. The molecule has 1 fully saturated rings. The van der Waals surface area contributed by atoms with Gasteiger partial charge >= 0.3 is 0 Å². The normalized spacial score (nSPS) is 14.8. The van der Waals surface area contributed by atoms with Crippen molar-refractivity contribution in [3.05, 3.63) is 23.8 Å². The molecule has 2 rings (SSSR count). The molecule has 132 valence electrons. The number of ether oxygens (including phenoxy) is 2. The molecule has 0 bridgehead atoms. The summed E-state index contributed by atoms with van der Waals surface area (Å²) in [6, 6.07) is 5.28. The van der Waals surface area contributed by atoms with Gasteiger partial charge in [-0.15, -0.1) is 0 Å². The minimum absolute atomic E-state index is 0.00887. The van der Waals surface area contributed by atoms with Gasteiger partial charge in [0.05, 0.1) is 14.2 Å². The van der Waals surface area contributed by atoms with Gasteiger partial charge in [-0.05, 0) is 25.0 Å². The van der Waals surface area contributed by atoms with Gasteiger partial charge < -0.3 is 20.1 Å². The number of benzene rings is 1. The summed E-state index contributed by atoms with van der Waals surface area (Å²) >= 11 is 0. The average Bonchev–Trinajstić information content (AvgIpc) is 2.61. The summed E-state index contributed by atoms with van der Waals surface area (Å²) in [6.45, 7) is 0.302. The summed E-state index contributed by atoms with van der Waals surface area (Å²) in [7, 11) is 3.07. The largest absolute Gasteiger partial charge is 0.497 e. The summed E-state index contributed by atoms with van der Waals surface area (Å²) in [6.07, 6.45) is 6.01. The van der Waals surface area contributed by atoms with E-state index in [-0.39, 0.29) is 18.2 Å². The van der Waals surface area contributed by atoms with Crippen molar-refractivity contribution in [1.82, 2.24) is 10.6 Å². The molecule has 1 aromatic carbocycles. The molecule has 0 saturated heterocycles. The lowest BCUT2D eigenvalue weighted by atomic mass is 9.95. The highest BCUT2D eigenvalue weighted by atomic mass is 16.5. The van der Waals surface area contributed by atoms with Crippen LogP contribution in [0.4, 0.5) is 0 Å². The molecule has 0 aliphatic heterocycles. The fraction of sp³-hybridized carbons (Fsp3) is 0.556. The number of carbonyl (C=O) groups is 2. The molecule has 0 unspecified atom stereocenters. The van der Waals surface area contributed by atoms with Gasteiger partial charge in [-0.1, -0.05) is 19.3 Å². The van der Waals surface area contributed by atoms with Gasteiger partial charge in [-0.3, -0.25) is 9.59 Å². The minimum atomic E-state index is -0.252. The highest BCUT2D eigenvalue weighted by Gasteiger charge is 2.16. The van der Waals surface area contributed by atoms with Crippen LogP contribution in [0.25, 0.3) is 0 Å². The first-order valence-electron chi connectivity index (χ1n) is 8.43. The Balaban J connectivity index is 1.79. The summed E-state index contributed by atoms with van der Waals surface area (Å²) in [5.74, 6) is 0.840. The first-order chi connectivity index (χ1) is 11.6. The number of nitrogens with one attached hydrogen (secondary N) is 2. The van der Waals surface area contributed by atoms with Crippen LogP contribution in [0.1, 0.15) is 48.9 Å². The third kappa shape index (κ3) is 5.44. The molecule has 0 aromatic heterocycles. The van der Waals surface area contributed by atoms with Crippen molar-refractivity contribution < 1.29 is 19.1 Å². The molecule has 6 heteroatoms. The number of rotatable bonds is 7. The van der Waals surface area contributed by atoms with Crippen molar-refractivity contribution in [1.29, 1.82) is 0 Å². The zero-order valence-electron chi connectivity index (χ0n) is 14.4. The van der Waals surface area contributed by atoms with Crippen LogP contribution >= 0.6 is 0 Å². The molecule has 0 radical (unpaired) electrons. The second kappa shape index (κ2) is 9.15. The van der Waals surface area contributed by atoms with E-state index in [1.165, 1.54) is 33.5 Å². The van der Waals surface area contributed by atoms with E-state index >= 15 is 0 Å². The average molecular weight is 334 g/mol. The van der Waals surface area contributed by atoms with E-state index in [4.69, 9.17) is 9.47 Å². The van der Waals surface area contributed by atoms with Gasteiger partial charge in [0.2, 0.25) is 5.91 Å². The lowest BCUT2D eigenvalue weighted by Gasteiger charge is -2.22. The van der Waals surface area contributed by atoms with E-state index in [0.717, 1.165) is 12.8 Å². The standard InChI is InChI=1S/C18H26N2O4/c1-23-15-10-13(11-16(12-15)24-2)18(22)19-9-8-17(21)20-14-6-4-3-5-7-14/h10-12,14H,3-9H2,1-2H3,(H,19,22)(H,20,21). The molecule has 1 saturated carbocycles. The number of hydrogen-bond acceptors (Lipinski definition) is 4. The van der Waals surface area contributed by atoms with E-state index in [1.54, 1.807) is 18.2 Å². The van der Waals surface area contributed by atoms with Crippen LogP contribution in [0.15, 0.2) is 18.2 Å².